The van der Waals surface area contributed by atoms with Gasteiger partial charge in [-0.1, -0.05) is 26.2 Å². The van der Waals surface area contributed by atoms with Gasteiger partial charge in [0, 0.05) is 33.3 Å². The van der Waals surface area contributed by atoms with Gasteiger partial charge in [-0.15, -0.1) is 0 Å². The summed E-state index contributed by atoms with van der Waals surface area (Å²) in [5.41, 5.74) is 0. The molecule has 3 unspecified atom stereocenters. The van der Waals surface area contributed by atoms with Crippen LogP contribution >= 0.6 is 0 Å². The average molecular weight is 311 g/mol. The van der Waals surface area contributed by atoms with Crippen LogP contribution in [0.2, 0.25) is 0 Å². The standard InChI is InChI=1S/C17H33N3O2/c1-4-18-17(19-11-15-8-6-5-7-14(15)2)20-9-10-22-16(12-20)13-21-3/h14-16H,4-13H2,1-3H3,(H,18,19). The smallest absolute Gasteiger partial charge is 0.194 e. The second kappa shape index (κ2) is 9.36. The van der Waals surface area contributed by atoms with E-state index in [1.807, 2.05) is 0 Å². The lowest BCUT2D eigenvalue weighted by Crippen LogP contribution is -2.51. The van der Waals surface area contributed by atoms with Gasteiger partial charge < -0.3 is 19.7 Å². The predicted octanol–water partition coefficient (Wildman–Crippen LogP) is 2.13. The number of morpholine rings is 1. The van der Waals surface area contributed by atoms with Crippen LogP contribution in [0.1, 0.15) is 39.5 Å². The number of hydrogen-bond acceptors (Lipinski definition) is 3. The van der Waals surface area contributed by atoms with Crippen LogP contribution in [0, 0.1) is 11.8 Å². The molecule has 2 fully saturated rings. The van der Waals surface area contributed by atoms with Crippen molar-refractivity contribution in [2.24, 2.45) is 16.8 Å². The third-order valence-corrected chi connectivity index (χ3v) is 4.89. The number of nitrogens with zero attached hydrogens (tertiary/aromatic N) is 2. The fourth-order valence-corrected chi connectivity index (χ4v) is 3.49. The summed E-state index contributed by atoms with van der Waals surface area (Å²) < 4.78 is 11.0. The third-order valence-electron chi connectivity index (χ3n) is 4.89. The van der Waals surface area contributed by atoms with Crippen LogP contribution in [-0.2, 0) is 9.47 Å². The molecule has 0 bridgehead atoms. The van der Waals surface area contributed by atoms with E-state index >= 15 is 0 Å². The Bertz CT molecular complexity index is 347. The maximum absolute atomic E-state index is 5.74. The highest BCUT2D eigenvalue weighted by Crippen LogP contribution is 2.29. The van der Waals surface area contributed by atoms with Gasteiger partial charge >= 0.3 is 0 Å². The summed E-state index contributed by atoms with van der Waals surface area (Å²) >= 11 is 0. The molecule has 128 valence electrons. The van der Waals surface area contributed by atoms with Crippen LogP contribution in [0.4, 0.5) is 0 Å². The van der Waals surface area contributed by atoms with Crippen LogP contribution in [0.15, 0.2) is 4.99 Å². The molecule has 3 atom stereocenters. The lowest BCUT2D eigenvalue weighted by Gasteiger charge is -2.35. The molecule has 2 rings (SSSR count). The molecule has 1 heterocycles. The molecule has 22 heavy (non-hydrogen) atoms. The Balaban J connectivity index is 1.93. The van der Waals surface area contributed by atoms with Gasteiger partial charge in [-0.2, -0.15) is 0 Å². The first-order valence-electron chi connectivity index (χ1n) is 8.88. The largest absolute Gasteiger partial charge is 0.382 e. The molecule has 0 spiro atoms. The van der Waals surface area contributed by atoms with E-state index in [9.17, 15) is 0 Å². The first kappa shape index (κ1) is 17.5. The van der Waals surface area contributed by atoms with E-state index in [1.54, 1.807) is 7.11 Å². The van der Waals surface area contributed by atoms with Crippen LogP contribution in [0.5, 0.6) is 0 Å². The summed E-state index contributed by atoms with van der Waals surface area (Å²) in [4.78, 5) is 7.26. The zero-order valence-electron chi connectivity index (χ0n) is 14.5. The fraction of sp³-hybridized carbons (Fsp3) is 0.941. The topological polar surface area (TPSA) is 46.1 Å². The van der Waals surface area contributed by atoms with Crippen LogP contribution in [-0.4, -0.2) is 63.5 Å². The second-order valence-electron chi connectivity index (χ2n) is 6.61. The minimum absolute atomic E-state index is 0.149. The van der Waals surface area contributed by atoms with Crippen molar-refractivity contribution in [1.29, 1.82) is 0 Å². The average Bonchev–Trinajstić information content (AvgIpc) is 2.53. The molecule has 1 saturated heterocycles. The molecular formula is C17H33N3O2. The number of hydrogen-bond donors (Lipinski definition) is 1. The number of methoxy groups -OCH3 is 1. The van der Waals surface area contributed by atoms with Crippen molar-refractivity contribution in [2.45, 2.75) is 45.6 Å². The Labute approximate surface area is 135 Å². The molecule has 5 heteroatoms. The summed E-state index contributed by atoms with van der Waals surface area (Å²) in [6, 6.07) is 0. The summed E-state index contributed by atoms with van der Waals surface area (Å²) in [5, 5.41) is 3.45. The van der Waals surface area contributed by atoms with Gasteiger partial charge in [0.2, 0.25) is 0 Å². The van der Waals surface area contributed by atoms with Gasteiger partial charge in [-0.05, 0) is 25.2 Å². The fourth-order valence-electron chi connectivity index (χ4n) is 3.49. The van der Waals surface area contributed by atoms with Gasteiger partial charge in [-0.3, -0.25) is 4.99 Å². The van der Waals surface area contributed by atoms with E-state index in [0.717, 1.165) is 50.6 Å². The van der Waals surface area contributed by atoms with Crippen molar-refractivity contribution < 1.29 is 9.47 Å². The van der Waals surface area contributed by atoms with E-state index in [2.05, 4.69) is 24.1 Å². The van der Waals surface area contributed by atoms with Gasteiger partial charge in [0.1, 0.15) is 0 Å². The Morgan fingerprint density at radius 1 is 1.36 bits per heavy atom. The zero-order valence-corrected chi connectivity index (χ0v) is 14.5. The quantitative estimate of drug-likeness (QED) is 0.624. The second-order valence-corrected chi connectivity index (χ2v) is 6.61. The minimum atomic E-state index is 0.149. The molecule has 0 radical (unpaired) electrons. The highest BCUT2D eigenvalue weighted by Gasteiger charge is 2.24. The van der Waals surface area contributed by atoms with Gasteiger partial charge in [-0.25, -0.2) is 0 Å². The Morgan fingerprint density at radius 2 is 2.18 bits per heavy atom. The first-order chi connectivity index (χ1) is 10.7. The maximum Gasteiger partial charge on any atom is 0.194 e. The molecule has 2 aliphatic rings. The van der Waals surface area contributed by atoms with Crippen molar-refractivity contribution >= 4 is 5.96 Å². The summed E-state index contributed by atoms with van der Waals surface area (Å²) in [6.45, 7) is 9.54. The lowest BCUT2D eigenvalue weighted by atomic mass is 9.80. The first-order valence-corrected chi connectivity index (χ1v) is 8.88. The molecule has 1 aliphatic heterocycles. The molecule has 0 amide bonds. The van der Waals surface area contributed by atoms with Crippen molar-refractivity contribution in [1.82, 2.24) is 10.2 Å². The van der Waals surface area contributed by atoms with Gasteiger partial charge in [0.15, 0.2) is 5.96 Å². The van der Waals surface area contributed by atoms with Crippen molar-refractivity contribution in [3.63, 3.8) is 0 Å². The van der Waals surface area contributed by atoms with E-state index < -0.39 is 0 Å². The predicted molar refractivity (Wildman–Crippen MR) is 90.3 cm³/mol. The maximum atomic E-state index is 5.74. The molecule has 1 saturated carbocycles. The van der Waals surface area contributed by atoms with E-state index in [1.165, 1.54) is 25.7 Å². The Hall–Kier alpha value is -0.810. The number of ether oxygens (including phenoxy) is 2. The summed E-state index contributed by atoms with van der Waals surface area (Å²) in [6.07, 6.45) is 5.61. The summed E-state index contributed by atoms with van der Waals surface area (Å²) in [7, 11) is 1.73. The van der Waals surface area contributed by atoms with Crippen molar-refractivity contribution in [3.8, 4) is 0 Å². The number of aliphatic imine (C=N–C) groups is 1. The molecular weight excluding hydrogens is 278 g/mol. The van der Waals surface area contributed by atoms with Crippen molar-refractivity contribution in [2.75, 3.05) is 46.5 Å². The highest BCUT2D eigenvalue weighted by atomic mass is 16.5. The third kappa shape index (κ3) is 5.13. The minimum Gasteiger partial charge on any atom is -0.382 e. The molecule has 5 nitrogen and oxygen atoms in total. The van der Waals surface area contributed by atoms with E-state index in [0.29, 0.717) is 6.61 Å². The van der Waals surface area contributed by atoms with Gasteiger partial charge in [0.25, 0.3) is 0 Å². The number of guanidine groups is 1. The SMILES string of the molecule is CCNC(=NCC1CCCCC1C)N1CCOC(COC)C1. The molecule has 0 aromatic heterocycles. The zero-order chi connectivity index (χ0) is 15.8. The molecule has 1 aliphatic carbocycles. The molecule has 0 aromatic carbocycles. The summed E-state index contributed by atoms with van der Waals surface area (Å²) in [5.74, 6) is 2.61. The number of rotatable bonds is 5. The number of nitrogens with one attached hydrogen (secondary N) is 1. The van der Waals surface area contributed by atoms with E-state index in [4.69, 9.17) is 14.5 Å². The molecule has 1 N–H and O–H groups in total. The van der Waals surface area contributed by atoms with E-state index in [-0.39, 0.29) is 6.10 Å². The Kier molecular flexibility index (Phi) is 7.46. The Morgan fingerprint density at radius 3 is 2.91 bits per heavy atom. The monoisotopic (exact) mass is 311 g/mol. The van der Waals surface area contributed by atoms with Gasteiger partial charge in [0.05, 0.1) is 19.3 Å². The normalized spacial score (nSPS) is 30.4. The van der Waals surface area contributed by atoms with Crippen LogP contribution < -0.4 is 5.32 Å². The van der Waals surface area contributed by atoms with Crippen molar-refractivity contribution in [3.05, 3.63) is 0 Å². The van der Waals surface area contributed by atoms with Crippen LogP contribution in [0.25, 0.3) is 0 Å². The van der Waals surface area contributed by atoms with Crippen LogP contribution in [0.3, 0.4) is 0 Å². The highest BCUT2D eigenvalue weighted by molar-refractivity contribution is 5.80. The lowest BCUT2D eigenvalue weighted by molar-refractivity contribution is -0.0447. The molecule has 0 aromatic rings.